The molecule has 0 spiro atoms. The molecule has 0 aliphatic rings. The van der Waals surface area contributed by atoms with Crippen LogP contribution in [0.4, 0.5) is 0 Å². The molecule has 0 bridgehead atoms. The third-order valence-corrected chi connectivity index (χ3v) is 4.47. The van der Waals surface area contributed by atoms with Crippen molar-refractivity contribution in [3.8, 4) is 17.7 Å². The highest BCUT2D eigenvalue weighted by Gasteiger charge is 2.18. The summed E-state index contributed by atoms with van der Waals surface area (Å²) in [4.78, 5) is 29.9. The topological polar surface area (TPSA) is 96.5 Å². The number of nitrogens with zero attached hydrogens (tertiary/aromatic N) is 3. The van der Waals surface area contributed by atoms with Crippen LogP contribution in [0.25, 0.3) is 11.7 Å². The number of amides is 1. The second-order valence-corrected chi connectivity index (χ2v) is 6.63. The maximum absolute atomic E-state index is 13.2. The van der Waals surface area contributed by atoms with Gasteiger partial charge in [-0.25, -0.2) is 0 Å². The molecule has 3 rings (SSSR count). The number of fused-ring (bicyclic) bond motifs is 1. The van der Waals surface area contributed by atoms with Gasteiger partial charge in [0, 0.05) is 12.7 Å². The van der Waals surface area contributed by atoms with Gasteiger partial charge < -0.3 is 10.1 Å². The number of carbonyl (C=O) groups is 1. The zero-order valence-corrected chi connectivity index (χ0v) is 16.8. The number of hydrogen-bond acceptors (Lipinski definition) is 5. The average Bonchev–Trinajstić information content (AvgIpc) is 2.74. The average molecular weight is 421 g/mol. The van der Waals surface area contributed by atoms with Crippen molar-refractivity contribution < 1.29 is 9.53 Å². The predicted molar refractivity (Wildman–Crippen MR) is 115 cm³/mol. The monoisotopic (exact) mass is 420 g/mol. The van der Waals surface area contributed by atoms with Crippen LogP contribution in [0.3, 0.4) is 0 Å². The lowest BCUT2D eigenvalue weighted by molar-refractivity contribution is -0.116. The number of aryl methyl sites for hydroxylation is 1. The first kappa shape index (κ1) is 20.8. The first-order valence-corrected chi connectivity index (χ1v) is 9.29. The minimum atomic E-state index is -0.644. The van der Waals surface area contributed by atoms with Crippen LogP contribution in [-0.2, 0) is 4.79 Å². The van der Waals surface area contributed by atoms with Crippen LogP contribution < -0.4 is 15.6 Å². The Labute approximate surface area is 177 Å². The van der Waals surface area contributed by atoms with Gasteiger partial charge in [0.25, 0.3) is 11.5 Å². The Hall–Kier alpha value is -3.89. The molecular weight excluding hydrogens is 404 g/mol. The number of hydrogen-bond donors (Lipinski definition) is 1. The van der Waals surface area contributed by atoms with Gasteiger partial charge in [-0.1, -0.05) is 35.9 Å². The number of pyridine rings is 1. The summed E-state index contributed by atoms with van der Waals surface area (Å²) in [5.41, 5.74) is 0.320. The van der Waals surface area contributed by atoms with Gasteiger partial charge in [-0.05, 0) is 36.8 Å². The number of aromatic nitrogens is 2. The van der Waals surface area contributed by atoms with E-state index >= 15 is 0 Å². The van der Waals surface area contributed by atoms with Crippen LogP contribution in [0.1, 0.15) is 11.1 Å². The maximum Gasteiger partial charge on any atom is 0.269 e. The molecule has 30 heavy (non-hydrogen) atoms. The fourth-order valence-corrected chi connectivity index (χ4v) is 2.85. The van der Waals surface area contributed by atoms with Gasteiger partial charge in [-0.3, -0.25) is 14.0 Å². The number of ether oxygens (including phenoxy) is 1. The number of benzene rings is 1. The molecule has 1 amide bonds. The van der Waals surface area contributed by atoms with E-state index in [0.29, 0.717) is 10.7 Å². The van der Waals surface area contributed by atoms with Crippen LogP contribution in [0.5, 0.6) is 11.6 Å². The molecule has 1 N–H and O–H groups in total. The Kier molecular flexibility index (Phi) is 6.30. The number of halogens is 1. The van der Waals surface area contributed by atoms with Gasteiger partial charge in [0.1, 0.15) is 28.6 Å². The molecule has 1 aromatic carbocycles. The molecule has 0 atom stereocenters. The minimum absolute atomic E-state index is 0.0525. The number of rotatable bonds is 6. The van der Waals surface area contributed by atoms with Crippen LogP contribution in [0.2, 0.25) is 5.02 Å². The van der Waals surface area contributed by atoms with E-state index in [1.54, 1.807) is 55.6 Å². The van der Waals surface area contributed by atoms with Crippen molar-refractivity contribution in [1.82, 2.24) is 14.7 Å². The van der Waals surface area contributed by atoms with Crippen LogP contribution in [0, 0.1) is 18.3 Å². The highest BCUT2D eigenvalue weighted by atomic mass is 35.5. The quantitative estimate of drug-likeness (QED) is 0.373. The molecule has 0 saturated carbocycles. The van der Waals surface area contributed by atoms with Crippen molar-refractivity contribution in [3.05, 3.63) is 87.3 Å². The summed E-state index contributed by atoms with van der Waals surface area (Å²) >= 11 is 6.18. The molecule has 0 fully saturated rings. The molecule has 3 aromatic rings. The summed E-state index contributed by atoms with van der Waals surface area (Å²) in [6.45, 7) is 5.50. The third kappa shape index (κ3) is 4.24. The van der Waals surface area contributed by atoms with Gasteiger partial charge >= 0.3 is 0 Å². The highest BCUT2D eigenvalue weighted by Crippen LogP contribution is 2.30. The molecule has 0 aliphatic heterocycles. The highest BCUT2D eigenvalue weighted by molar-refractivity contribution is 6.32. The molecule has 7 nitrogen and oxygen atoms in total. The van der Waals surface area contributed by atoms with E-state index in [0.717, 1.165) is 11.6 Å². The maximum atomic E-state index is 13.2. The molecule has 0 radical (unpaired) electrons. The van der Waals surface area contributed by atoms with Crippen LogP contribution in [-0.4, -0.2) is 21.8 Å². The van der Waals surface area contributed by atoms with E-state index in [9.17, 15) is 14.9 Å². The molecular formula is C22H17ClN4O3. The van der Waals surface area contributed by atoms with E-state index in [1.807, 2.05) is 0 Å². The lowest BCUT2D eigenvalue weighted by Crippen LogP contribution is -2.25. The molecule has 0 unspecified atom stereocenters. The Morgan fingerprint density at radius 2 is 2.13 bits per heavy atom. The lowest BCUT2D eigenvalue weighted by Gasteiger charge is -2.12. The molecule has 0 saturated heterocycles. The standard InChI is InChI=1S/C22H17ClN4O3/c1-3-10-25-20(28)15(13-24)12-16-21(30-18-9-5-4-8-17(18)23)26-19-14(2)7-6-11-27(19)22(16)29/h3-9,11-12H,1,10H2,2H3,(H,25,28)/b15-12+. The van der Waals surface area contributed by atoms with Crippen molar-refractivity contribution in [1.29, 1.82) is 5.26 Å². The number of carbonyl (C=O) groups excluding carboxylic acids is 1. The van der Waals surface area contributed by atoms with E-state index in [4.69, 9.17) is 16.3 Å². The fourth-order valence-electron chi connectivity index (χ4n) is 2.68. The van der Waals surface area contributed by atoms with E-state index in [1.165, 1.54) is 10.5 Å². The van der Waals surface area contributed by atoms with Gasteiger partial charge in [-0.2, -0.15) is 10.2 Å². The third-order valence-electron chi connectivity index (χ3n) is 4.15. The summed E-state index contributed by atoms with van der Waals surface area (Å²) in [5, 5.41) is 12.3. The molecule has 0 aliphatic carbocycles. The van der Waals surface area contributed by atoms with Crippen LogP contribution >= 0.6 is 11.6 Å². The number of nitrogens with one attached hydrogen (secondary N) is 1. The molecule has 8 heteroatoms. The Morgan fingerprint density at radius 3 is 2.83 bits per heavy atom. The van der Waals surface area contributed by atoms with Crippen molar-refractivity contribution in [2.75, 3.05) is 6.54 Å². The zero-order chi connectivity index (χ0) is 21.7. The van der Waals surface area contributed by atoms with Crippen molar-refractivity contribution in [2.45, 2.75) is 6.92 Å². The smallest absolute Gasteiger partial charge is 0.269 e. The Bertz CT molecular complexity index is 1270. The first-order chi connectivity index (χ1) is 14.5. The number of para-hydroxylation sites is 1. The lowest BCUT2D eigenvalue weighted by atomic mass is 10.1. The van der Waals surface area contributed by atoms with Crippen LogP contribution in [0.15, 0.2) is 65.6 Å². The molecule has 2 heterocycles. The summed E-state index contributed by atoms with van der Waals surface area (Å²) in [6.07, 6.45) is 4.20. The van der Waals surface area contributed by atoms with Crippen molar-refractivity contribution in [2.24, 2.45) is 0 Å². The van der Waals surface area contributed by atoms with Gasteiger partial charge in [0.15, 0.2) is 0 Å². The van der Waals surface area contributed by atoms with Crippen molar-refractivity contribution >= 4 is 29.2 Å². The van der Waals surface area contributed by atoms with E-state index in [-0.39, 0.29) is 29.3 Å². The van der Waals surface area contributed by atoms with E-state index < -0.39 is 11.5 Å². The predicted octanol–water partition coefficient (Wildman–Crippen LogP) is 3.66. The second-order valence-electron chi connectivity index (χ2n) is 6.22. The summed E-state index contributed by atoms with van der Waals surface area (Å²) in [7, 11) is 0. The van der Waals surface area contributed by atoms with E-state index in [2.05, 4.69) is 16.9 Å². The second kappa shape index (κ2) is 9.07. The minimum Gasteiger partial charge on any atom is -0.437 e. The van der Waals surface area contributed by atoms with Crippen molar-refractivity contribution in [3.63, 3.8) is 0 Å². The normalized spacial score (nSPS) is 11.0. The van der Waals surface area contributed by atoms with Gasteiger partial charge in [-0.15, -0.1) is 6.58 Å². The summed E-state index contributed by atoms with van der Waals surface area (Å²) in [6, 6.07) is 12.0. The summed E-state index contributed by atoms with van der Waals surface area (Å²) < 4.78 is 7.16. The number of nitriles is 1. The van der Waals surface area contributed by atoms with Gasteiger partial charge in [0.05, 0.1) is 5.02 Å². The Morgan fingerprint density at radius 1 is 1.37 bits per heavy atom. The van der Waals surface area contributed by atoms with Gasteiger partial charge in [0.2, 0.25) is 5.88 Å². The largest absolute Gasteiger partial charge is 0.437 e. The SMILES string of the molecule is C=CCNC(=O)/C(C#N)=C/c1c(Oc2ccccc2Cl)nc2c(C)cccn2c1=O. The molecule has 150 valence electrons. The summed E-state index contributed by atoms with van der Waals surface area (Å²) in [5.74, 6) is -0.422. The molecule has 2 aromatic heterocycles. The zero-order valence-electron chi connectivity index (χ0n) is 16.1. The fraction of sp³-hybridized carbons (Fsp3) is 0.0909. The Balaban J connectivity index is 2.24. The first-order valence-electron chi connectivity index (χ1n) is 8.91.